The molecule has 0 heterocycles. The number of nitriles is 4. The quantitative estimate of drug-likeness (QED) is 0.826. The molecule has 0 bridgehead atoms. The fourth-order valence-electron chi connectivity index (χ4n) is 2.58. The van der Waals surface area contributed by atoms with E-state index in [-0.39, 0.29) is 11.3 Å². The first-order chi connectivity index (χ1) is 10.1. The van der Waals surface area contributed by atoms with Gasteiger partial charge in [-0.2, -0.15) is 21.0 Å². The molecule has 6 heteroatoms. The molecule has 1 aromatic carbocycles. The zero-order chi connectivity index (χ0) is 15.6. The van der Waals surface area contributed by atoms with Crippen LogP contribution in [-0.4, -0.2) is 0 Å². The van der Waals surface area contributed by atoms with Gasteiger partial charge in [0.1, 0.15) is 28.9 Å². The van der Waals surface area contributed by atoms with Gasteiger partial charge in [-0.1, -0.05) is 12.1 Å². The smallest absolute Gasteiger partial charge is 0.150 e. The molecule has 0 radical (unpaired) electrons. The summed E-state index contributed by atoms with van der Waals surface area (Å²) in [7, 11) is 0. The third kappa shape index (κ3) is 1.88. The Hall–Kier alpha value is -3.35. The van der Waals surface area contributed by atoms with Gasteiger partial charge in [0.25, 0.3) is 0 Å². The van der Waals surface area contributed by atoms with Crippen molar-refractivity contribution in [1.82, 2.24) is 0 Å². The van der Waals surface area contributed by atoms with E-state index in [2.05, 4.69) is 0 Å². The highest BCUT2D eigenvalue weighted by Gasteiger charge is 2.69. The van der Waals surface area contributed by atoms with Gasteiger partial charge in [-0.25, -0.2) is 4.39 Å². The molecule has 5 nitrogen and oxygen atoms in total. The molecule has 0 saturated heterocycles. The van der Waals surface area contributed by atoms with Crippen molar-refractivity contribution in [2.45, 2.75) is 5.92 Å². The largest absolute Gasteiger partial charge is 0.399 e. The summed E-state index contributed by atoms with van der Waals surface area (Å²) in [6, 6.07) is 12.6. The van der Waals surface area contributed by atoms with Gasteiger partial charge in [-0.15, -0.1) is 0 Å². The van der Waals surface area contributed by atoms with Crippen LogP contribution < -0.4 is 5.73 Å². The van der Waals surface area contributed by atoms with Gasteiger partial charge in [-0.3, -0.25) is 0 Å². The topological polar surface area (TPSA) is 121 Å². The highest BCUT2D eigenvalue weighted by Crippen LogP contribution is 2.67. The van der Waals surface area contributed by atoms with Crippen molar-refractivity contribution in [3.8, 4) is 24.3 Å². The lowest BCUT2D eigenvalue weighted by Crippen LogP contribution is -2.17. The van der Waals surface area contributed by atoms with Crippen LogP contribution in [0, 0.1) is 62.5 Å². The van der Waals surface area contributed by atoms with E-state index in [1.165, 1.54) is 24.3 Å². The van der Waals surface area contributed by atoms with Crippen molar-refractivity contribution < 1.29 is 4.39 Å². The van der Waals surface area contributed by atoms with Gasteiger partial charge < -0.3 is 5.73 Å². The van der Waals surface area contributed by atoms with Crippen LogP contribution in [0.4, 0.5) is 4.39 Å². The zero-order valence-electron chi connectivity index (χ0n) is 10.7. The van der Waals surface area contributed by atoms with Gasteiger partial charge >= 0.3 is 0 Å². The second-order valence-corrected chi connectivity index (χ2v) is 4.63. The van der Waals surface area contributed by atoms with Gasteiger partial charge in [0.05, 0.1) is 23.8 Å². The number of hydrogen-bond acceptors (Lipinski definition) is 5. The molecule has 1 fully saturated rings. The van der Waals surface area contributed by atoms with E-state index >= 15 is 0 Å². The summed E-state index contributed by atoms with van der Waals surface area (Å²) in [5.41, 5.74) is 4.39. The first-order valence-electron chi connectivity index (χ1n) is 5.93. The van der Waals surface area contributed by atoms with Crippen LogP contribution in [0.2, 0.25) is 0 Å². The number of hydrogen-bond donors (Lipinski definition) is 1. The van der Waals surface area contributed by atoms with Crippen molar-refractivity contribution in [2.75, 3.05) is 0 Å². The molecule has 21 heavy (non-hydrogen) atoms. The number of halogens is 1. The van der Waals surface area contributed by atoms with Crippen molar-refractivity contribution in [1.29, 1.82) is 21.0 Å². The average Bonchev–Trinajstić information content (AvgIpc) is 3.18. The Morgan fingerprint density at radius 1 is 1.10 bits per heavy atom. The monoisotopic (exact) mass is 277 g/mol. The lowest BCUT2D eigenvalue weighted by atomic mass is 9.94. The number of nitrogens with zero attached hydrogens (tertiary/aromatic N) is 4. The molecule has 1 aliphatic rings. The fourth-order valence-corrected chi connectivity index (χ4v) is 2.58. The van der Waals surface area contributed by atoms with Gasteiger partial charge in [0.15, 0.2) is 0 Å². The molecule has 1 aliphatic carbocycles. The Morgan fingerprint density at radius 2 is 1.67 bits per heavy atom. The predicted octanol–water partition coefficient (Wildman–Crippen LogP) is 1.83. The molecule has 0 amide bonds. The number of rotatable bonds is 2. The van der Waals surface area contributed by atoms with Crippen molar-refractivity contribution in [3.05, 3.63) is 46.9 Å². The first kappa shape index (κ1) is 14.1. The molecule has 3 atom stereocenters. The minimum absolute atomic E-state index is 0.198. The van der Waals surface area contributed by atoms with Crippen molar-refractivity contribution in [2.24, 2.45) is 17.1 Å². The van der Waals surface area contributed by atoms with E-state index in [1.54, 1.807) is 12.1 Å². The fraction of sp³-hybridized carbons (Fsp3) is 0.200. The van der Waals surface area contributed by atoms with Crippen LogP contribution in [0.25, 0.3) is 0 Å². The van der Waals surface area contributed by atoms with E-state index in [0.29, 0.717) is 5.56 Å². The van der Waals surface area contributed by atoms with E-state index in [0.717, 1.165) is 0 Å². The molecule has 0 spiro atoms. The maximum absolute atomic E-state index is 13.0. The molecular formula is C15H8FN5. The number of allylic oxidation sites excluding steroid dienone is 2. The first-order valence-corrected chi connectivity index (χ1v) is 5.93. The zero-order valence-corrected chi connectivity index (χ0v) is 10.7. The average molecular weight is 277 g/mol. The van der Waals surface area contributed by atoms with E-state index in [9.17, 15) is 14.9 Å². The predicted molar refractivity (Wildman–Crippen MR) is 68.7 cm³/mol. The summed E-state index contributed by atoms with van der Waals surface area (Å²) >= 11 is 0. The minimum atomic E-state index is -1.41. The van der Waals surface area contributed by atoms with Crippen LogP contribution in [0.3, 0.4) is 0 Å². The summed E-state index contributed by atoms with van der Waals surface area (Å²) in [5.74, 6) is -1.79. The van der Waals surface area contributed by atoms with Gasteiger partial charge in [-0.05, 0) is 17.7 Å². The van der Waals surface area contributed by atoms with E-state index < -0.39 is 23.1 Å². The maximum atomic E-state index is 13.0. The number of benzene rings is 1. The lowest BCUT2D eigenvalue weighted by molar-refractivity contribution is 0.626. The molecule has 0 aromatic heterocycles. The van der Waals surface area contributed by atoms with Crippen LogP contribution >= 0.6 is 0 Å². The summed E-state index contributed by atoms with van der Waals surface area (Å²) in [6.45, 7) is 0. The highest BCUT2D eigenvalue weighted by molar-refractivity contribution is 5.55. The van der Waals surface area contributed by atoms with Crippen LogP contribution in [0.15, 0.2) is 35.5 Å². The summed E-state index contributed by atoms with van der Waals surface area (Å²) < 4.78 is 13.0. The van der Waals surface area contributed by atoms with Crippen LogP contribution in [0.1, 0.15) is 11.5 Å². The second-order valence-electron chi connectivity index (χ2n) is 4.63. The summed E-state index contributed by atoms with van der Waals surface area (Å²) in [6.07, 6.45) is 0. The highest BCUT2D eigenvalue weighted by atomic mass is 19.1. The van der Waals surface area contributed by atoms with Gasteiger partial charge in [0, 0.05) is 5.92 Å². The molecule has 100 valence electrons. The van der Waals surface area contributed by atoms with Crippen LogP contribution in [-0.2, 0) is 0 Å². The summed E-state index contributed by atoms with van der Waals surface area (Å²) in [4.78, 5) is 0. The molecule has 1 saturated carbocycles. The Morgan fingerprint density at radius 3 is 2.10 bits per heavy atom. The lowest BCUT2D eigenvalue weighted by Gasteiger charge is -2.09. The molecule has 0 aliphatic heterocycles. The molecule has 1 aromatic rings. The Labute approximate surface area is 120 Å². The molecule has 2 rings (SSSR count). The van der Waals surface area contributed by atoms with Crippen molar-refractivity contribution >= 4 is 0 Å². The number of nitrogens with two attached hydrogens (primary N) is 1. The minimum Gasteiger partial charge on any atom is -0.399 e. The molecular weight excluding hydrogens is 269 g/mol. The Kier molecular flexibility index (Phi) is 3.33. The molecule has 2 N–H and O–H groups in total. The summed E-state index contributed by atoms with van der Waals surface area (Å²) in [5, 5.41) is 36.4. The molecule has 0 unspecified atom stereocenters. The van der Waals surface area contributed by atoms with E-state index in [1.807, 2.05) is 12.1 Å². The van der Waals surface area contributed by atoms with Crippen molar-refractivity contribution in [3.63, 3.8) is 0 Å². The standard InChI is InChI=1S/C15H8FN5/c16-11-3-1-9(2-4-11)13-12(7-19)15(13,8-20)14(21)10(5-17)6-18/h1-4,12-13H,21H2/t12-,13+,15+/m0/s1. The van der Waals surface area contributed by atoms with E-state index in [4.69, 9.17) is 16.3 Å². The normalized spacial score (nSPS) is 25.6. The SMILES string of the molecule is N#CC(C#N)=C(N)[C@@]1(C#N)[C@H](c2ccc(F)cc2)[C@@H]1C#N. The van der Waals surface area contributed by atoms with Crippen LogP contribution in [0.5, 0.6) is 0 Å². The second kappa shape index (κ2) is 4.97. The third-order valence-electron chi connectivity index (χ3n) is 3.70. The van der Waals surface area contributed by atoms with Gasteiger partial charge in [0.2, 0.25) is 0 Å². The Bertz CT molecular complexity index is 766. The maximum Gasteiger partial charge on any atom is 0.150 e. The third-order valence-corrected chi connectivity index (χ3v) is 3.70. The Balaban J connectivity index is 2.57.